The number of nitrogens with one attached hydrogen (secondary N) is 2. The summed E-state index contributed by atoms with van der Waals surface area (Å²) in [6, 6.07) is -1.16. The van der Waals surface area contributed by atoms with Gasteiger partial charge in [-0.3, -0.25) is 9.59 Å². The number of carbonyl (C=O) groups excluding carboxylic acids is 3. The number of amides is 3. The maximum Gasteiger partial charge on any atom is 0.407 e. The average molecular weight is 283 g/mol. The molecule has 2 saturated heterocycles. The van der Waals surface area contributed by atoms with Crippen LogP contribution in [0.15, 0.2) is 0 Å². The van der Waals surface area contributed by atoms with Crippen molar-refractivity contribution in [3.8, 4) is 0 Å². The number of hydrogen-bond acceptors (Lipinski definition) is 4. The van der Waals surface area contributed by atoms with Crippen LogP contribution in [-0.4, -0.2) is 54.6 Å². The molecule has 7 nitrogen and oxygen atoms in total. The second-order valence-electron chi connectivity index (χ2n) is 5.77. The minimum atomic E-state index is -0.540. The summed E-state index contributed by atoms with van der Waals surface area (Å²) in [6.45, 7) is 4.38. The maximum atomic E-state index is 12.4. The standard InChI is InChI=1S/C13H21N3O4/c1-7(2)4-9-12(18)16-6-8(14-13(19)20-3)5-10(16)11(17)15-9/h7-10H,4-6H2,1-3H3,(H,14,19)(H,15,17)/t8-,9-,10-/m0/s1. The molecule has 3 atom stereocenters. The van der Waals surface area contributed by atoms with E-state index in [4.69, 9.17) is 0 Å². The third-order valence-electron chi connectivity index (χ3n) is 3.72. The molecule has 20 heavy (non-hydrogen) atoms. The van der Waals surface area contributed by atoms with Crippen LogP contribution in [0.3, 0.4) is 0 Å². The van der Waals surface area contributed by atoms with Crippen LogP contribution in [0.25, 0.3) is 0 Å². The van der Waals surface area contributed by atoms with Crippen LogP contribution >= 0.6 is 0 Å². The summed E-state index contributed by atoms with van der Waals surface area (Å²) in [7, 11) is 1.29. The number of methoxy groups -OCH3 is 1. The molecule has 0 aliphatic carbocycles. The molecule has 0 radical (unpaired) electrons. The number of piperazine rings is 1. The van der Waals surface area contributed by atoms with Gasteiger partial charge in [0.05, 0.1) is 13.2 Å². The summed E-state index contributed by atoms with van der Waals surface area (Å²) in [5.41, 5.74) is 0. The molecule has 0 aromatic carbocycles. The number of alkyl carbamates (subject to hydrolysis) is 1. The fourth-order valence-electron chi connectivity index (χ4n) is 2.82. The predicted octanol–water partition coefficient (Wildman–Crippen LogP) is -0.144. The molecule has 2 N–H and O–H groups in total. The number of fused-ring (bicyclic) bond motifs is 1. The van der Waals surface area contributed by atoms with Crippen LogP contribution in [0.5, 0.6) is 0 Å². The van der Waals surface area contributed by atoms with Crippen LogP contribution in [0, 0.1) is 5.92 Å². The number of carbonyl (C=O) groups is 3. The van der Waals surface area contributed by atoms with Gasteiger partial charge in [-0.1, -0.05) is 13.8 Å². The molecule has 0 bridgehead atoms. The minimum absolute atomic E-state index is 0.0579. The molecule has 0 aromatic heterocycles. The van der Waals surface area contributed by atoms with Crippen molar-refractivity contribution in [1.29, 1.82) is 0 Å². The second kappa shape index (κ2) is 5.68. The van der Waals surface area contributed by atoms with Gasteiger partial charge in [-0.15, -0.1) is 0 Å². The Hall–Kier alpha value is -1.79. The van der Waals surface area contributed by atoms with Gasteiger partial charge in [0.25, 0.3) is 0 Å². The molecule has 0 spiro atoms. The third kappa shape index (κ3) is 2.86. The lowest BCUT2D eigenvalue weighted by Gasteiger charge is -2.35. The zero-order valence-electron chi connectivity index (χ0n) is 12.0. The molecule has 112 valence electrons. The van der Waals surface area contributed by atoms with Gasteiger partial charge in [-0.25, -0.2) is 4.79 Å². The Morgan fingerprint density at radius 2 is 2.20 bits per heavy atom. The van der Waals surface area contributed by atoms with Crippen molar-refractivity contribution in [3.05, 3.63) is 0 Å². The van der Waals surface area contributed by atoms with E-state index in [0.717, 1.165) is 0 Å². The van der Waals surface area contributed by atoms with Crippen molar-refractivity contribution in [3.63, 3.8) is 0 Å². The highest BCUT2D eigenvalue weighted by molar-refractivity contribution is 5.97. The summed E-state index contributed by atoms with van der Waals surface area (Å²) >= 11 is 0. The smallest absolute Gasteiger partial charge is 0.407 e. The van der Waals surface area contributed by atoms with Gasteiger partial charge >= 0.3 is 6.09 Å². The molecule has 2 heterocycles. The number of hydrogen-bond donors (Lipinski definition) is 2. The van der Waals surface area contributed by atoms with Gasteiger partial charge in [-0.2, -0.15) is 0 Å². The Labute approximate surface area is 118 Å². The Morgan fingerprint density at radius 3 is 2.80 bits per heavy atom. The molecule has 2 rings (SSSR count). The first-order chi connectivity index (χ1) is 9.42. The van der Waals surface area contributed by atoms with Crippen molar-refractivity contribution >= 4 is 17.9 Å². The second-order valence-corrected chi connectivity index (χ2v) is 5.77. The first kappa shape index (κ1) is 14.6. The highest BCUT2D eigenvalue weighted by Crippen LogP contribution is 2.24. The van der Waals surface area contributed by atoms with Gasteiger partial charge in [0.15, 0.2) is 0 Å². The molecule has 0 aromatic rings. The van der Waals surface area contributed by atoms with E-state index in [1.165, 1.54) is 7.11 Å². The minimum Gasteiger partial charge on any atom is -0.453 e. The molecular formula is C13H21N3O4. The van der Waals surface area contributed by atoms with Gasteiger partial charge in [0, 0.05) is 6.54 Å². The Bertz CT molecular complexity index is 424. The Morgan fingerprint density at radius 1 is 1.50 bits per heavy atom. The van der Waals surface area contributed by atoms with E-state index in [0.29, 0.717) is 25.3 Å². The molecule has 2 aliphatic heterocycles. The molecule has 3 amide bonds. The Balaban J connectivity index is 2.04. The van der Waals surface area contributed by atoms with E-state index in [2.05, 4.69) is 15.4 Å². The van der Waals surface area contributed by atoms with Gasteiger partial charge in [0.2, 0.25) is 11.8 Å². The van der Waals surface area contributed by atoms with Crippen molar-refractivity contribution in [2.45, 2.75) is 44.8 Å². The summed E-state index contributed by atoms with van der Waals surface area (Å²) in [5.74, 6) is 0.134. The van der Waals surface area contributed by atoms with E-state index < -0.39 is 18.2 Å². The zero-order valence-corrected chi connectivity index (χ0v) is 12.0. The normalized spacial score (nSPS) is 29.2. The third-order valence-corrected chi connectivity index (χ3v) is 3.72. The van der Waals surface area contributed by atoms with Gasteiger partial charge in [0.1, 0.15) is 12.1 Å². The molecule has 7 heteroatoms. The highest BCUT2D eigenvalue weighted by Gasteiger charge is 2.46. The van der Waals surface area contributed by atoms with Crippen LogP contribution in [0.4, 0.5) is 4.79 Å². The Kier molecular flexibility index (Phi) is 4.15. The van der Waals surface area contributed by atoms with Gasteiger partial charge < -0.3 is 20.3 Å². The number of rotatable bonds is 3. The quantitative estimate of drug-likeness (QED) is 0.754. The van der Waals surface area contributed by atoms with E-state index in [1.54, 1.807) is 4.90 Å². The molecule has 0 saturated carbocycles. The summed E-state index contributed by atoms with van der Waals surface area (Å²) in [5, 5.41) is 5.43. The zero-order chi connectivity index (χ0) is 14.9. The van der Waals surface area contributed by atoms with Crippen LogP contribution < -0.4 is 10.6 Å². The largest absolute Gasteiger partial charge is 0.453 e. The van der Waals surface area contributed by atoms with Crippen molar-refractivity contribution in [1.82, 2.24) is 15.5 Å². The van der Waals surface area contributed by atoms with E-state index in [-0.39, 0.29) is 17.9 Å². The summed E-state index contributed by atoms with van der Waals surface area (Å²) < 4.78 is 4.54. The summed E-state index contributed by atoms with van der Waals surface area (Å²) in [4.78, 5) is 37.2. The topological polar surface area (TPSA) is 87.7 Å². The lowest BCUT2D eigenvalue weighted by molar-refractivity contribution is -0.147. The fourth-order valence-corrected chi connectivity index (χ4v) is 2.82. The van der Waals surface area contributed by atoms with Crippen LogP contribution in [0.2, 0.25) is 0 Å². The van der Waals surface area contributed by atoms with Crippen molar-refractivity contribution in [2.24, 2.45) is 5.92 Å². The van der Waals surface area contributed by atoms with Crippen molar-refractivity contribution < 1.29 is 19.1 Å². The lowest BCUT2D eigenvalue weighted by Crippen LogP contribution is -2.61. The van der Waals surface area contributed by atoms with E-state index in [9.17, 15) is 14.4 Å². The molecule has 0 unspecified atom stereocenters. The maximum absolute atomic E-state index is 12.4. The first-order valence-electron chi connectivity index (χ1n) is 6.87. The van der Waals surface area contributed by atoms with E-state index >= 15 is 0 Å². The predicted molar refractivity (Wildman–Crippen MR) is 70.8 cm³/mol. The number of ether oxygens (including phenoxy) is 1. The van der Waals surface area contributed by atoms with Gasteiger partial charge in [-0.05, 0) is 18.8 Å². The summed E-state index contributed by atoms with van der Waals surface area (Å²) in [6.07, 6.45) is 0.519. The fraction of sp³-hybridized carbons (Fsp3) is 0.769. The van der Waals surface area contributed by atoms with Crippen LogP contribution in [0.1, 0.15) is 26.7 Å². The number of nitrogens with zero attached hydrogens (tertiary/aromatic N) is 1. The van der Waals surface area contributed by atoms with Crippen LogP contribution in [-0.2, 0) is 14.3 Å². The lowest BCUT2D eigenvalue weighted by atomic mass is 9.99. The average Bonchev–Trinajstić information content (AvgIpc) is 2.79. The SMILES string of the molecule is COC(=O)N[C@H]1C[C@H]2C(=O)N[C@@H](CC(C)C)C(=O)N2C1. The van der Waals surface area contributed by atoms with E-state index in [1.807, 2.05) is 13.8 Å². The highest BCUT2D eigenvalue weighted by atomic mass is 16.5. The monoisotopic (exact) mass is 283 g/mol. The molecule has 2 aliphatic rings. The van der Waals surface area contributed by atoms with Crippen molar-refractivity contribution in [2.75, 3.05) is 13.7 Å². The first-order valence-corrected chi connectivity index (χ1v) is 6.87. The molecular weight excluding hydrogens is 262 g/mol. The molecule has 2 fully saturated rings.